The largest absolute Gasteiger partial charge is 0.497 e. The predicted octanol–water partition coefficient (Wildman–Crippen LogP) is 2.62. The van der Waals surface area contributed by atoms with Crippen molar-refractivity contribution in [3.8, 4) is 11.4 Å². The molecule has 0 amide bonds. The van der Waals surface area contributed by atoms with Crippen LogP contribution in [0.25, 0.3) is 5.69 Å². The number of hydrogen-bond acceptors (Lipinski definition) is 2. The van der Waals surface area contributed by atoms with E-state index in [1.807, 2.05) is 13.0 Å². The van der Waals surface area contributed by atoms with Crippen LogP contribution in [-0.2, 0) is 6.67 Å². The molecule has 0 bridgehead atoms. The molecule has 0 atom stereocenters. The van der Waals surface area contributed by atoms with E-state index >= 15 is 0 Å². The van der Waals surface area contributed by atoms with Gasteiger partial charge in [-0.1, -0.05) is 0 Å². The molecule has 0 aliphatic rings. The van der Waals surface area contributed by atoms with Crippen molar-refractivity contribution < 1.29 is 9.13 Å². The van der Waals surface area contributed by atoms with Gasteiger partial charge in [-0.25, -0.2) is 4.39 Å². The molecule has 0 N–H and O–H groups in total. The first-order valence-electron chi connectivity index (χ1n) is 5.58. The van der Waals surface area contributed by atoms with Crippen LogP contribution in [0, 0.1) is 6.92 Å². The maximum absolute atomic E-state index is 12.6. The van der Waals surface area contributed by atoms with Gasteiger partial charge >= 0.3 is 0 Å². The van der Waals surface area contributed by atoms with Crippen LogP contribution in [-0.4, -0.2) is 11.7 Å². The van der Waals surface area contributed by atoms with Gasteiger partial charge in [-0.15, -0.1) is 0 Å². The van der Waals surface area contributed by atoms with Crippen molar-refractivity contribution in [1.29, 1.82) is 0 Å². The van der Waals surface area contributed by atoms with Crippen LogP contribution in [0.3, 0.4) is 0 Å². The van der Waals surface area contributed by atoms with Crippen molar-refractivity contribution in [2.75, 3.05) is 7.11 Å². The van der Waals surface area contributed by atoms with E-state index in [1.54, 1.807) is 19.2 Å². The first-order valence-corrected chi connectivity index (χ1v) is 5.58. The first-order chi connectivity index (χ1) is 8.65. The predicted molar refractivity (Wildman–Crippen MR) is 68.1 cm³/mol. The molecule has 2 rings (SSSR count). The van der Waals surface area contributed by atoms with E-state index in [9.17, 15) is 9.18 Å². The summed E-state index contributed by atoms with van der Waals surface area (Å²) in [5, 5.41) is 0. The second kappa shape index (κ2) is 5.04. The lowest BCUT2D eigenvalue weighted by Crippen LogP contribution is -2.17. The standard InChI is InChI=1S/C14H14FNO2/c1-10-7-12(18-2)4-5-13(10)16-9-11(8-15)3-6-14(16)17/h3-7,9H,8H2,1-2H3. The molecule has 0 aliphatic heterocycles. The van der Waals surface area contributed by atoms with Crippen LogP contribution < -0.4 is 10.3 Å². The third-order valence-corrected chi connectivity index (χ3v) is 2.79. The van der Waals surface area contributed by atoms with Gasteiger partial charge in [0.2, 0.25) is 0 Å². The number of nitrogens with zero attached hydrogens (tertiary/aromatic N) is 1. The molecule has 1 aromatic carbocycles. The second-order valence-electron chi connectivity index (χ2n) is 4.03. The molecule has 4 heteroatoms. The molecule has 94 valence electrons. The van der Waals surface area contributed by atoms with E-state index in [2.05, 4.69) is 0 Å². The molecule has 3 nitrogen and oxygen atoms in total. The van der Waals surface area contributed by atoms with E-state index in [0.29, 0.717) is 5.56 Å². The zero-order valence-electron chi connectivity index (χ0n) is 10.3. The summed E-state index contributed by atoms with van der Waals surface area (Å²) in [5.41, 5.74) is 1.92. The third-order valence-electron chi connectivity index (χ3n) is 2.79. The molecule has 0 spiro atoms. The Morgan fingerprint density at radius 3 is 2.67 bits per heavy atom. The molecule has 2 aromatic rings. The van der Waals surface area contributed by atoms with Crippen LogP contribution >= 0.6 is 0 Å². The summed E-state index contributed by atoms with van der Waals surface area (Å²) in [5.74, 6) is 0.728. The first kappa shape index (κ1) is 12.4. The molecule has 18 heavy (non-hydrogen) atoms. The Morgan fingerprint density at radius 2 is 2.06 bits per heavy atom. The number of benzene rings is 1. The smallest absolute Gasteiger partial charge is 0.255 e. The fraction of sp³-hybridized carbons (Fsp3) is 0.214. The van der Waals surface area contributed by atoms with Crippen molar-refractivity contribution >= 4 is 0 Å². The fourth-order valence-corrected chi connectivity index (χ4v) is 1.82. The second-order valence-corrected chi connectivity index (χ2v) is 4.03. The monoisotopic (exact) mass is 247 g/mol. The summed E-state index contributed by atoms with van der Waals surface area (Å²) in [6.45, 7) is 1.29. The number of methoxy groups -OCH3 is 1. The minimum atomic E-state index is -0.588. The van der Waals surface area contributed by atoms with Gasteiger partial charge in [0.25, 0.3) is 5.56 Å². The van der Waals surface area contributed by atoms with Gasteiger partial charge in [-0.05, 0) is 42.3 Å². The van der Waals surface area contributed by atoms with Gasteiger partial charge in [0, 0.05) is 12.3 Å². The molecular formula is C14H14FNO2. The lowest BCUT2D eigenvalue weighted by molar-refractivity contribution is 0.414. The average molecular weight is 247 g/mol. The molecule has 1 aromatic heterocycles. The van der Waals surface area contributed by atoms with E-state index in [4.69, 9.17) is 4.74 Å². The van der Waals surface area contributed by atoms with Crippen molar-refractivity contribution in [1.82, 2.24) is 4.57 Å². The van der Waals surface area contributed by atoms with Crippen molar-refractivity contribution in [3.63, 3.8) is 0 Å². The highest BCUT2D eigenvalue weighted by Gasteiger charge is 2.05. The van der Waals surface area contributed by atoms with Crippen LogP contribution in [0.15, 0.2) is 41.3 Å². The number of ether oxygens (including phenoxy) is 1. The van der Waals surface area contributed by atoms with Crippen LogP contribution in [0.5, 0.6) is 5.75 Å². The topological polar surface area (TPSA) is 31.2 Å². The molecule has 0 fully saturated rings. The van der Waals surface area contributed by atoms with E-state index < -0.39 is 6.67 Å². The molecule has 0 aliphatic carbocycles. The van der Waals surface area contributed by atoms with E-state index in [0.717, 1.165) is 17.0 Å². The third kappa shape index (κ3) is 2.27. The van der Waals surface area contributed by atoms with Crippen LogP contribution in [0.2, 0.25) is 0 Å². The lowest BCUT2D eigenvalue weighted by Gasteiger charge is -2.11. The highest BCUT2D eigenvalue weighted by molar-refractivity contribution is 5.45. The summed E-state index contributed by atoms with van der Waals surface area (Å²) in [4.78, 5) is 11.8. The SMILES string of the molecule is COc1ccc(-n2cc(CF)ccc2=O)c(C)c1. The van der Waals surface area contributed by atoms with Gasteiger partial charge in [0.15, 0.2) is 0 Å². The van der Waals surface area contributed by atoms with Gasteiger partial charge in [0.05, 0.1) is 12.8 Å². The summed E-state index contributed by atoms with van der Waals surface area (Å²) >= 11 is 0. The van der Waals surface area contributed by atoms with E-state index in [-0.39, 0.29) is 5.56 Å². The Morgan fingerprint density at radius 1 is 1.28 bits per heavy atom. The Bertz CT molecular complexity index is 619. The molecule has 1 heterocycles. The Labute approximate surface area is 104 Å². The fourth-order valence-electron chi connectivity index (χ4n) is 1.82. The molecule has 0 saturated heterocycles. The Kier molecular flexibility index (Phi) is 3.46. The van der Waals surface area contributed by atoms with Gasteiger partial charge in [-0.2, -0.15) is 0 Å². The Hall–Kier alpha value is -2.10. The van der Waals surface area contributed by atoms with Crippen LogP contribution in [0.4, 0.5) is 4.39 Å². The molecule has 0 saturated carbocycles. The van der Waals surface area contributed by atoms with Gasteiger partial charge in [-0.3, -0.25) is 9.36 Å². The van der Waals surface area contributed by atoms with Crippen molar-refractivity contribution in [3.05, 3.63) is 58.0 Å². The molecule has 0 unspecified atom stereocenters. The lowest BCUT2D eigenvalue weighted by atomic mass is 10.1. The number of aromatic nitrogens is 1. The number of halogens is 1. The molecular weight excluding hydrogens is 233 g/mol. The number of aryl methyl sites for hydroxylation is 1. The summed E-state index contributed by atoms with van der Waals surface area (Å²) < 4.78 is 19.2. The summed E-state index contributed by atoms with van der Waals surface area (Å²) in [6, 6.07) is 8.27. The maximum atomic E-state index is 12.6. The van der Waals surface area contributed by atoms with E-state index in [1.165, 1.54) is 22.9 Å². The molecule has 0 radical (unpaired) electrons. The minimum Gasteiger partial charge on any atom is -0.497 e. The van der Waals surface area contributed by atoms with Crippen LogP contribution in [0.1, 0.15) is 11.1 Å². The average Bonchev–Trinajstić information content (AvgIpc) is 2.39. The quantitative estimate of drug-likeness (QED) is 0.834. The van der Waals surface area contributed by atoms with Gasteiger partial charge < -0.3 is 4.74 Å². The number of alkyl halides is 1. The maximum Gasteiger partial charge on any atom is 0.255 e. The zero-order valence-corrected chi connectivity index (χ0v) is 10.3. The minimum absolute atomic E-state index is 0.180. The zero-order chi connectivity index (χ0) is 13.1. The van der Waals surface area contributed by atoms with Gasteiger partial charge in [0.1, 0.15) is 12.4 Å². The highest BCUT2D eigenvalue weighted by atomic mass is 19.1. The van der Waals surface area contributed by atoms with Crippen molar-refractivity contribution in [2.24, 2.45) is 0 Å². The van der Waals surface area contributed by atoms with Crippen molar-refractivity contribution in [2.45, 2.75) is 13.6 Å². The highest BCUT2D eigenvalue weighted by Crippen LogP contribution is 2.19. The summed E-state index contributed by atoms with van der Waals surface area (Å²) in [6.07, 6.45) is 1.52. The Balaban J connectivity index is 2.58. The normalized spacial score (nSPS) is 10.4. The number of rotatable bonds is 3. The summed E-state index contributed by atoms with van der Waals surface area (Å²) in [7, 11) is 1.59. The number of pyridine rings is 1. The number of hydrogen-bond donors (Lipinski definition) is 0.